The molecule has 9 heteroatoms. The zero-order valence-electron chi connectivity index (χ0n) is 15.4. The minimum absolute atomic E-state index is 0.0565. The maximum absolute atomic E-state index is 13.4. The van der Waals surface area contributed by atoms with Crippen molar-refractivity contribution >= 4 is 15.7 Å². The molecule has 0 N–H and O–H groups in total. The topological polar surface area (TPSA) is 72.3 Å². The van der Waals surface area contributed by atoms with Gasteiger partial charge in [0.1, 0.15) is 0 Å². The number of benzene rings is 1. The molecule has 1 amide bonds. The summed E-state index contributed by atoms with van der Waals surface area (Å²) in [7, 11) is -1.47. The number of hydrogen-bond donors (Lipinski definition) is 0. The van der Waals surface area contributed by atoms with Crippen LogP contribution < -0.4 is 0 Å². The van der Waals surface area contributed by atoms with Crippen LogP contribution in [-0.4, -0.2) is 47.6 Å². The van der Waals surface area contributed by atoms with Gasteiger partial charge in [-0.3, -0.25) is 9.48 Å². The molecule has 1 aromatic heterocycles. The van der Waals surface area contributed by atoms with Crippen LogP contribution >= 0.6 is 0 Å². The average Bonchev–Trinajstić information content (AvgIpc) is 3.10. The number of hydrogen-bond acceptors (Lipinski definition) is 4. The Morgan fingerprint density at radius 1 is 1.30 bits per heavy atom. The Kier molecular flexibility index (Phi) is 5.07. The number of carbonyl (C=O) groups is 1. The van der Waals surface area contributed by atoms with E-state index in [1.54, 1.807) is 18.7 Å². The summed E-state index contributed by atoms with van der Waals surface area (Å²) in [6, 6.07) is 2.84. The first kappa shape index (κ1) is 19.5. The van der Waals surface area contributed by atoms with Gasteiger partial charge in [-0.15, -0.1) is 0 Å². The highest BCUT2D eigenvalue weighted by Crippen LogP contribution is 2.27. The fraction of sp³-hybridized carbons (Fsp3) is 0.444. The highest BCUT2D eigenvalue weighted by atomic mass is 32.2. The number of halogens is 2. The van der Waals surface area contributed by atoms with Gasteiger partial charge >= 0.3 is 0 Å². The van der Waals surface area contributed by atoms with Gasteiger partial charge in [0, 0.05) is 30.4 Å². The fourth-order valence-corrected chi connectivity index (χ4v) is 5.10. The summed E-state index contributed by atoms with van der Waals surface area (Å²) in [4.78, 5) is 13.9. The standard InChI is InChI=1S/C18H21F2N3O3S/c1-11-15(12(2)23(21-11)14-6-7-27(25,26)10-14)9-22(3)18(24)13-4-5-16(19)17(20)8-13/h4-5,8,14H,6-7,9-10H2,1-3H3/t14-/m0/s1. The number of carbonyl (C=O) groups excluding carboxylic acids is 1. The quantitative estimate of drug-likeness (QED) is 0.794. The Labute approximate surface area is 156 Å². The van der Waals surface area contributed by atoms with E-state index in [0.29, 0.717) is 12.1 Å². The summed E-state index contributed by atoms with van der Waals surface area (Å²) in [5.74, 6) is -2.30. The summed E-state index contributed by atoms with van der Waals surface area (Å²) in [6.07, 6.45) is 0.521. The van der Waals surface area contributed by atoms with Crippen LogP contribution in [0.25, 0.3) is 0 Å². The maximum Gasteiger partial charge on any atom is 0.254 e. The predicted octanol–water partition coefficient (Wildman–Crippen LogP) is 2.41. The minimum atomic E-state index is -3.04. The van der Waals surface area contributed by atoms with Gasteiger partial charge in [0.2, 0.25) is 0 Å². The van der Waals surface area contributed by atoms with Crippen molar-refractivity contribution in [3.05, 3.63) is 52.3 Å². The van der Waals surface area contributed by atoms with E-state index >= 15 is 0 Å². The third kappa shape index (κ3) is 3.87. The van der Waals surface area contributed by atoms with E-state index in [0.717, 1.165) is 23.4 Å². The number of aryl methyl sites for hydroxylation is 1. The van der Waals surface area contributed by atoms with Crippen molar-refractivity contribution in [1.82, 2.24) is 14.7 Å². The van der Waals surface area contributed by atoms with Crippen LogP contribution in [0.15, 0.2) is 18.2 Å². The first-order valence-corrected chi connectivity index (χ1v) is 10.4. The Morgan fingerprint density at radius 2 is 2.00 bits per heavy atom. The van der Waals surface area contributed by atoms with Crippen LogP contribution in [-0.2, 0) is 16.4 Å². The lowest BCUT2D eigenvalue weighted by atomic mass is 10.1. The van der Waals surface area contributed by atoms with Crippen molar-refractivity contribution in [2.24, 2.45) is 0 Å². The molecule has 2 aromatic rings. The van der Waals surface area contributed by atoms with Crippen molar-refractivity contribution in [2.75, 3.05) is 18.6 Å². The molecule has 0 bridgehead atoms. The maximum atomic E-state index is 13.4. The zero-order chi connectivity index (χ0) is 19.9. The summed E-state index contributed by atoms with van der Waals surface area (Å²) in [6.45, 7) is 3.88. The third-order valence-electron chi connectivity index (χ3n) is 4.94. The van der Waals surface area contributed by atoms with Gasteiger partial charge in [-0.1, -0.05) is 0 Å². The van der Waals surface area contributed by atoms with E-state index in [4.69, 9.17) is 0 Å². The van der Waals surface area contributed by atoms with Crippen LogP contribution in [0.5, 0.6) is 0 Å². The lowest BCUT2D eigenvalue weighted by molar-refractivity contribution is 0.0784. The number of amides is 1. The predicted molar refractivity (Wildman–Crippen MR) is 96.2 cm³/mol. The molecule has 1 aromatic carbocycles. The molecule has 1 aliphatic rings. The molecule has 1 aliphatic heterocycles. The van der Waals surface area contributed by atoms with Crippen molar-refractivity contribution in [1.29, 1.82) is 0 Å². The lowest BCUT2D eigenvalue weighted by Crippen LogP contribution is -2.27. The van der Waals surface area contributed by atoms with Crippen molar-refractivity contribution in [3.63, 3.8) is 0 Å². The minimum Gasteiger partial charge on any atom is -0.337 e. The summed E-state index contributed by atoms with van der Waals surface area (Å²) in [5.41, 5.74) is 2.39. The molecule has 6 nitrogen and oxygen atoms in total. The molecule has 0 spiro atoms. The Morgan fingerprint density at radius 3 is 2.59 bits per heavy atom. The highest BCUT2D eigenvalue weighted by molar-refractivity contribution is 7.91. The van der Waals surface area contributed by atoms with E-state index in [2.05, 4.69) is 5.10 Å². The molecular formula is C18H21F2N3O3S. The molecule has 0 unspecified atom stereocenters. The monoisotopic (exact) mass is 397 g/mol. The molecule has 27 heavy (non-hydrogen) atoms. The van der Waals surface area contributed by atoms with Crippen LogP contribution in [0.2, 0.25) is 0 Å². The lowest BCUT2D eigenvalue weighted by Gasteiger charge is -2.18. The van der Waals surface area contributed by atoms with Gasteiger partial charge in [0.15, 0.2) is 21.5 Å². The van der Waals surface area contributed by atoms with Crippen molar-refractivity contribution in [2.45, 2.75) is 32.9 Å². The Balaban J connectivity index is 1.81. The number of aromatic nitrogens is 2. The summed E-state index contributed by atoms with van der Waals surface area (Å²) >= 11 is 0. The number of rotatable bonds is 4. The van der Waals surface area contributed by atoms with Crippen molar-refractivity contribution < 1.29 is 22.0 Å². The fourth-order valence-electron chi connectivity index (χ4n) is 3.41. The van der Waals surface area contributed by atoms with Gasteiger partial charge in [-0.25, -0.2) is 17.2 Å². The van der Waals surface area contributed by atoms with Gasteiger partial charge in [0.25, 0.3) is 5.91 Å². The molecular weight excluding hydrogens is 376 g/mol. The second-order valence-electron chi connectivity index (χ2n) is 6.94. The second kappa shape index (κ2) is 7.03. The molecule has 1 atom stereocenters. The number of nitrogens with zero attached hydrogens (tertiary/aromatic N) is 3. The molecule has 0 radical (unpaired) electrons. The van der Waals surface area contributed by atoms with Crippen LogP contribution in [0.1, 0.15) is 39.8 Å². The van der Waals surface area contributed by atoms with Gasteiger partial charge in [-0.2, -0.15) is 5.10 Å². The molecule has 1 fully saturated rings. The Hall–Kier alpha value is -2.29. The van der Waals surface area contributed by atoms with Gasteiger partial charge < -0.3 is 4.90 Å². The smallest absolute Gasteiger partial charge is 0.254 e. The third-order valence-corrected chi connectivity index (χ3v) is 6.69. The molecule has 0 aliphatic carbocycles. The molecule has 146 valence electrons. The van der Waals surface area contributed by atoms with E-state index in [9.17, 15) is 22.0 Å². The van der Waals surface area contributed by atoms with E-state index in [1.165, 1.54) is 11.0 Å². The van der Waals surface area contributed by atoms with Gasteiger partial charge in [-0.05, 0) is 38.5 Å². The van der Waals surface area contributed by atoms with E-state index in [1.807, 2.05) is 6.92 Å². The molecule has 3 rings (SSSR count). The largest absolute Gasteiger partial charge is 0.337 e. The average molecular weight is 397 g/mol. The van der Waals surface area contributed by atoms with Crippen LogP contribution in [0, 0.1) is 25.5 Å². The van der Waals surface area contributed by atoms with E-state index in [-0.39, 0.29) is 29.7 Å². The number of sulfone groups is 1. The first-order valence-electron chi connectivity index (χ1n) is 8.54. The summed E-state index contributed by atoms with van der Waals surface area (Å²) < 4.78 is 51.7. The highest BCUT2D eigenvalue weighted by Gasteiger charge is 2.31. The SMILES string of the molecule is Cc1nn([C@H]2CCS(=O)(=O)C2)c(C)c1CN(C)C(=O)c1ccc(F)c(F)c1. The second-order valence-corrected chi connectivity index (χ2v) is 9.17. The zero-order valence-corrected chi connectivity index (χ0v) is 16.2. The Bertz CT molecular complexity index is 1000. The first-order chi connectivity index (χ1) is 12.6. The molecule has 0 saturated carbocycles. The molecule has 1 saturated heterocycles. The van der Waals surface area contributed by atoms with Crippen LogP contribution in [0.3, 0.4) is 0 Å². The summed E-state index contributed by atoms with van der Waals surface area (Å²) in [5, 5.41) is 4.47. The normalized spacial score (nSPS) is 18.6. The van der Waals surface area contributed by atoms with Crippen LogP contribution in [0.4, 0.5) is 8.78 Å². The van der Waals surface area contributed by atoms with Crippen molar-refractivity contribution in [3.8, 4) is 0 Å². The van der Waals surface area contributed by atoms with E-state index < -0.39 is 27.4 Å². The van der Waals surface area contributed by atoms with Gasteiger partial charge in [0.05, 0.1) is 23.2 Å². The molecule has 2 heterocycles.